The zero-order chi connectivity index (χ0) is 20.9. The maximum Gasteiger partial charge on any atom is 0.293 e. The lowest BCUT2D eigenvalue weighted by Crippen LogP contribution is -2.38. The molecule has 1 fully saturated rings. The number of aromatic nitrogens is 2. The second kappa shape index (κ2) is 9.20. The molecule has 1 saturated heterocycles. The van der Waals surface area contributed by atoms with Gasteiger partial charge in [-0.1, -0.05) is 18.6 Å². The van der Waals surface area contributed by atoms with Crippen molar-refractivity contribution in [2.45, 2.75) is 38.6 Å². The van der Waals surface area contributed by atoms with E-state index in [1.165, 1.54) is 37.1 Å². The molecule has 4 rings (SSSR count). The number of furan rings is 1. The SMILES string of the molecule is CC(Cc1nsc(NC(=O)c2cc(-c3cccc(C#N)c3)co2)n1)N1CCCCC1. The summed E-state index contributed by atoms with van der Waals surface area (Å²) in [5.74, 6) is 0.567. The first-order valence-corrected chi connectivity index (χ1v) is 10.9. The van der Waals surface area contributed by atoms with E-state index in [9.17, 15) is 4.79 Å². The Balaban J connectivity index is 1.37. The van der Waals surface area contributed by atoms with Crippen molar-refractivity contribution in [1.82, 2.24) is 14.3 Å². The van der Waals surface area contributed by atoms with Gasteiger partial charge in [-0.05, 0) is 56.6 Å². The molecule has 154 valence electrons. The molecule has 1 aliphatic rings. The Morgan fingerprint density at radius 2 is 2.13 bits per heavy atom. The molecule has 1 atom stereocenters. The molecule has 0 radical (unpaired) electrons. The van der Waals surface area contributed by atoms with Gasteiger partial charge in [0.2, 0.25) is 5.13 Å². The number of rotatable bonds is 6. The highest BCUT2D eigenvalue weighted by atomic mass is 32.1. The van der Waals surface area contributed by atoms with Crippen LogP contribution >= 0.6 is 11.5 Å². The zero-order valence-electron chi connectivity index (χ0n) is 16.8. The van der Waals surface area contributed by atoms with Crippen molar-refractivity contribution in [2.24, 2.45) is 0 Å². The lowest BCUT2D eigenvalue weighted by atomic mass is 10.1. The third-order valence-electron chi connectivity index (χ3n) is 5.33. The fourth-order valence-corrected chi connectivity index (χ4v) is 4.27. The van der Waals surface area contributed by atoms with Crippen LogP contribution in [-0.2, 0) is 6.42 Å². The van der Waals surface area contributed by atoms with E-state index in [0.717, 1.165) is 36.5 Å². The standard InChI is InChI=1S/C22H23N5O2S/c1-15(27-8-3-2-4-9-27)10-20-24-22(30-26-20)25-21(28)19-12-18(14-29-19)17-7-5-6-16(11-17)13-23/h5-7,11-12,14-15H,2-4,8-10H2,1H3,(H,24,25,26,28). The molecule has 1 unspecified atom stereocenters. The van der Waals surface area contributed by atoms with Gasteiger partial charge in [-0.2, -0.15) is 9.64 Å². The van der Waals surface area contributed by atoms with Gasteiger partial charge in [-0.25, -0.2) is 4.98 Å². The maximum atomic E-state index is 12.5. The summed E-state index contributed by atoms with van der Waals surface area (Å²) in [4.78, 5) is 19.5. The smallest absolute Gasteiger partial charge is 0.293 e. The van der Waals surface area contributed by atoms with Crippen molar-refractivity contribution < 1.29 is 9.21 Å². The maximum absolute atomic E-state index is 12.5. The van der Waals surface area contributed by atoms with Gasteiger partial charge in [0.25, 0.3) is 5.91 Å². The first kappa shape index (κ1) is 20.3. The van der Waals surface area contributed by atoms with Gasteiger partial charge >= 0.3 is 0 Å². The minimum Gasteiger partial charge on any atom is -0.459 e. The molecule has 1 aromatic carbocycles. The van der Waals surface area contributed by atoms with E-state index in [1.54, 1.807) is 24.3 Å². The van der Waals surface area contributed by atoms with Gasteiger partial charge in [0, 0.05) is 29.6 Å². The Morgan fingerprint density at radius 3 is 2.93 bits per heavy atom. The highest BCUT2D eigenvalue weighted by molar-refractivity contribution is 7.09. The monoisotopic (exact) mass is 421 g/mol. The predicted octanol–water partition coefficient (Wildman–Crippen LogP) is 4.34. The topological polar surface area (TPSA) is 95.0 Å². The lowest BCUT2D eigenvalue weighted by molar-refractivity contribution is 0.0996. The minimum absolute atomic E-state index is 0.186. The molecule has 3 aromatic rings. The number of nitrogens with zero attached hydrogens (tertiary/aromatic N) is 4. The first-order valence-electron chi connectivity index (χ1n) is 10.1. The van der Waals surface area contributed by atoms with Crippen molar-refractivity contribution >= 4 is 22.6 Å². The molecule has 1 N–H and O–H groups in total. The lowest BCUT2D eigenvalue weighted by Gasteiger charge is -2.31. The summed E-state index contributed by atoms with van der Waals surface area (Å²) < 4.78 is 9.83. The zero-order valence-corrected chi connectivity index (χ0v) is 17.6. The van der Waals surface area contributed by atoms with Crippen LogP contribution in [0, 0.1) is 11.3 Å². The fraction of sp³-hybridized carbons (Fsp3) is 0.364. The summed E-state index contributed by atoms with van der Waals surface area (Å²) in [7, 11) is 0. The number of nitriles is 1. The first-order chi connectivity index (χ1) is 14.6. The van der Waals surface area contributed by atoms with Gasteiger partial charge in [-0.3, -0.25) is 10.1 Å². The summed E-state index contributed by atoms with van der Waals surface area (Å²) in [6.07, 6.45) is 6.10. The van der Waals surface area contributed by atoms with Crippen LogP contribution in [0.1, 0.15) is 48.1 Å². The van der Waals surface area contributed by atoms with E-state index in [-0.39, 0.29) is 11.7 Å². The van der Waals surface area contributed by atoms with Crippen LogP contribution in [-0.4, -0.2) is 39.3 Å². The van der Waals surface area contributed by atoms with Crippen LogP contribution in [0.5, 0.6) is 0 Å². The average molecular weight is 422 g/mol. The molecule has 8 heteroatoms. The molecule has 30 heavy (non-hydrogen) atoms. The van der Waals surface area contributed by atoms with Gasteiger partial charge in [0.15, 0.2) is 5.76 Å². The molecule has 0 spiro atoms. The summed E-state index contributed by atoms with van der Waals surface area (Å²) in [5.41, 5.74) is 2.12. The number of anilines is 1. The van der Waals surface area contributed by atoms with Crippen molar-refractivity contribution in [3.8, 4) is 17.2 Å². The Hall–Kier alpha value is -3.02. The third kappa shape index (κ3) is 4.75. The van der Waals surface area contributed by atoms with Gasteiger partial charge < -0.3 is 9.32 Å². The highest BCUT2D eigenvalue weighted by Gasteiger charge is 2.20. The number of carbonyl (C=O) groups is 1. The number of likely N-dealkylation sites (tertiary alicyclic amines) is 1. The van der Waals surface area contributed by atoms with Crippen molar-refractivity contribution in [3.63, 3.8) is 0 Å². The summed E-state index contributed by atoms with van der Waals surface area (Å²) in [5, 5.41) is 12.3. The van der Waals surface area contributed by atoms with E-state index in [4.69, 9.17) is 9.68 Å². The molecule has 0 aliphatic carbocycles. The minimum atomic E-state index is -0.371. The predicted molar refractivity (Wildman–Crippen MR) is 115 cm³/mol. The number of nitrogens with one attached hydrogen (secondary N) is 1. The Bertz CT molecular complexity index is 1060. The van der Waals surface area contributed by atoms with E-state index < -0.39 is 0 Å². The molecule has 0 saturated carbocycles. The number of piperidine rings is 1. The Labute approximate surface area is 179 Å². The second-order valence-corrected chi connectivity index (χ2v) is 8.26. The second-order valence-electron chi connectivity index (χ2n) is 7.51. The number of hydrogen-bond donors (Lipinski definition) is 1. The number of benzene rings is 1. The van der Waals surface area contributed by atoms with Crippen molar-refractivity contribution in [2.75, 3.05) is 18.4 Å². The van der Waals surface area contributed by atoms with E-state index in [0.29, 0.717) is 16.7 Å². The van der Waals surface area contributed by atoms with Crippen LogP contribution < -0.4 is 5.32 Å². The third-order valence-corrected chi connectivity index (χ3v) is 6.00. The fourth-order valence-electron chi connectivity index (χ4n) is 3.67. The van der Waals surface area contributed by atoms with E-state index >= 15 is 0 Å². The number of hydrogen-bond acceptors (Lipinski definition) is 7. The highest BCUT2D eigenvalue weighted by Crippen LogP contribution is 2.24. The van der Waals surface area contributed by atoms with Crippen LogP contribution in [0.25, 0.3) is 11.1 Å². The molecule has 2 aromatic heterocycles. The van der Waals surface area contributed by atoms with Gasteiger partial charge in [-0.15, -0.1) is 0 Å². The van der Waals surface area contributed by atoms with Gasteiger partial charge in [0.1, 0.15) is 5.82 Å². The van der Waals surface area contributed by atoms with Crippen molar-refractivity contribution in [1.29, 1.82) is 5.26 Å². The van der Waals surface area contributed by atoms with E-state index in [2.05, 4.69) is 32.6 Å². The van der Waals surface area contributed by atoms with Crippen LogP contribution in [0.15, 0.2) is 41.0 Å². The van der Waals surface area contributed by atoms with Gasteiger partial charge in [0.05, 0.1) is 17.9 Å². The van der Waals surface area contributed by atoms with Crippen molar-refractivity contribution in [3.05, 3.63) is 53.7 Å². The molecule has 1 aliphatic heterocycles. The molecule has 7 nitrogen and oxygen atoms in total. The molecular formula is C22H23N5O2S. The molecular weight excluding hydrogens is 398 g/mol. The van der Waals surface area contributed by atoms with Crippen LogP contribution in [0.4, 0.5) is 5.13 Å². The normalized spacial score (nSPS) is 15.5. The Kier molecular flexibility index (Phi) is 6.21. The molecule has 3 heterocycles. The summed E-state index contributed by atoms with van der Waals surface area (Å²) in [6.45, 7) is 4.47. The van der Waals surface area contributed by atoms with Crippen LogP contribution in [0.3, 0.4) is 0 Å². The summed E-state index contributed by atoms with van der Waals surface area (Å²) in [6, 6.07) is 11.3. The summed E-state index contributed by atoms with van der Waals surface area (Å²) >= 11 is 1.18. The quantitative estimate of drug-likeness (QED) is 0.636. The average Bonchev–Trinajstić information content (AvgIpc) is 3.44. The molecule has 0 bridgehead atoms. The number of carbonyl (C=O) groups excluding carboxylic acids is 1. The molecule has 1 amide bonds. The number of amides is 1. The Morgan fingerprint density at radius 1 is 1.30 bits per heavy atom. The largest absolute Gasteiger partial charge is 0.459 e. The van der Waals surface area contributed by atoms with E-state index in [1.807, 2.05) is 6.07 Å². The van der Waals surface area contributed by atoms with Crippen LogP contribution in [0.2, 0.25) is 0 Å².